The maximum Gasteiger partial charge on any atom is 0.191 e. The zero-order valence-corrected chi connectivity index (χ0v) is 14.5. The van der Waals surface area contributed by atoms with Crippen LogP contribution in [0.3, 0.4) is 0 Å². The number of ether oxygens (including phenoxy) is 2. The van der Waals surface area contributed by atoms with Crippen molar-refractivity contribution >= 4 is 29.9 Å². The van der Waals surface area contributed by atoms with Gasteiger partial charge in [-0.15, -0.1) is 24.0 Å². The van der Waals surface area contributed by atoms with E-state index in [-0.39, 0.29) is 35.9 Å². The van der Waals surface area contributed by atoms with Crippen LogP contribution in [0.2, 0.25) is 0 Å². The van der Waals surface area contributed by atoms with Crippen LogP contribution in [0.5, 0.6) is 0 Å². The van der Waals surface area contributed by atoms with Gasteiger partial charge in [-0.05, 0) is 25.2 Å². The van der Waals surface area contributed by atoms with Crippen LogP contribution in [0.1, 0.15) is 39.0 Å². The fourth-order valence-corrected chi connectivity index (χ4v) is 3.04. The van der Waals surface area contributed by atoms with Gasteiger partial charge in [0.25, 0.3) is 0 Å². The number of rotatable bonds is 2. The van der Waals surface area contributed by atoms with E-state index in [1.807, 2.05) is 0 Å². The van der Waals surface area contributed by atoms with Crippen LogP contribution in [0.25, 0.3) is 0 Å². The number of aliphatic imine (C=N–C) groups is 1. The smallest absolute Gasteiger partial charge is 0.191 e. The monoisotopic (exact) mass is 395 g/mol. The number of nitrogens with one attached hydrogen (secondary N) is 2. The van der Waals surface area contributed by atoms with E-state index in [1.165, 1.54) is 12.8 Å². The molecule has 3 aliphatic rings. The topological polar surface area (TPSA) is 54.9 Å². The van der Waals surface area contributed by atoms with Crippen molar-refractivity contribution in [3.8, 4) is 0 Å². The molecule has 20 heavy (non-hydrogen) atoms. The average Bonchev–Trinajstić information content (AvgIpc) is 2.85. The number of guanidine groups is 1. The average molecular weight is 395 g/mol. The zero-order chi connectivity index (χ0) is 13.1. The summed E-state index contributed by atoms with van der Waals surface area (Å²) in [7, 11) is 0. The maximum atomic E-state index is 6.16. The van der Waals surface area contributed by atoms with Crippen LogP contribution in [-0.4, -0.2) is 44.1 Å². The molecule has 0 aromatic heterocycles. The van der Waals surface area contributed by atoms with Crippen molar-refractivity contribution in [2.24, 2.45) is 10.9 Å². The second-order valence-corrected chi connectivity index (χ2v) is 6.04. The van der Waals surface area contributed by atoms with Crippen molar-refractivity contribution < 1.29 is 9.47 Å². The Bertz CT molecular complexity index is 343. The molecule has 0 aromatic rings. The quantitative estimate of drug-likeness (QED) is 0.701. The van der Waals surface area contributed by atoms with Crippen LogP contribution in [-0.2, 0) is 9.47 Å². The molecule has 0 aromatic carbocycles. The Morgan fingerprint density at radius 3 is 2.90 bits per heavy atom. The number of halogens is 1. The van der Waals surface area contributed by atoms with Gasteiger partial charge in [0.15, 0.2) is 11.7 Å². The van der Waals surface area contributed by atoms with Gasteiger partial charge in [-0.1, -0.05) is 6.92 Å². The molecule has 1 aliphatic carbocycles. The molecule has 1 unspecified atom stereocenters. The highest BCUT2D eigenvalue weighted by Crippen LogP contribution is 2.39. The van der Waals surface area contributed by atoms with E-state index in [0.29, 0.717) is 6.61 Å². The Labute approximate surface area is 138 Å². The lowest BCUT2D eigenvalue weighted by molar-refractivity contribution is -0.191. The van der Waals surface area contributed by atoms with Crippen molar-refractivity contribution in [1.82, 2.24) is 10.6 Å². The van der Waals surface area contributed by atoms with E-state index in [0.717, 1.165) is 50.8 Å². The Balaban J connectivity index is 0.00000147. The lowest BCUT2D eigenvalue weighted by atomic mass is 9.86. The third-order valence-corrected chi connectivity index (χ3v) is 4.34. The first-order valence-corrected chi connectivity index (χ1v) is 7.60. The van der Waals surface area contributed by atoms with E-state index in [1.54, 1.807) is 0 Å². The summed E-state index contributed by atoms with van der Waals surface area (Å²) in [6, 6.07) is 0. The van der Waals surface area contributed by atoms with E-state index >= 15 is 0 Å². The van der Waals surface area contributed by atoms with Crippen molar-refractivity contribution in [2.45, 2.75) is 50.9 Å². The van der Waals surface area contributed by atoms with Gasteiger partial charge < -0.3 is 20.1 Å². The normalized spacial score (nSPS) is 37.0. The summed E-state index contributed by atoms with van der Waals surface area (Å²) in [6.45, 7) is 5.72. The molecule has 0 radical (unpaired) electrons. The Hall–Kier alpha value is -0.0800. The highest BCUT2D eigenvalue weighted by molar-refractivity contribution is 14.0. The van der Waals surface area contributed by atoms with Crippen molar-refractivity contribution in [2.75, 3.05) is 26.2 Å². The number of nitrogens with zero attached hydrogens (tertiary/aromatic N) is 1. The van der Waals surface area contributed by atoms with E-state index < -0.39 is 0 Å². The molecule has 1 saturated heterocycles. The molecule has 2 heterocycles. The first kappa shape index (κ1) is 16.3. The second kappa shape index (κ2) is 7.26. The maximum absolute atomic E-state index is 6.16. The minimum Gasteiger partial charge on any atom is -0.356 e. The van der Waals surface area contributed by atoms with Gasteiger partial charge in [0.2, 0.25) is 0 Å². The minimum atomic E-state index is -0.277. The van der Waals surface area contributed by atoms with Gasteiger partial charge >= 0.3 is 0 Å². The molecule has 116 valence electrons. The number of hydrogen-bond acceptors (Lipinski definition) is 5. The van der Waals surface area contributed by atoms with Crippen LogP contribution in [0.4, 0.5) is 0 Å². The van der Waals surface area contributed by atoms with Crippen molar-refractivity contribution in [1.29, 1.82) is 0 Å². The van der Waals surface area contributed by atoms with Crippen LogP contribution in [0.15, 0.2) is 4.99 Å². The summed E-state index contributed by atoms with van der Waals surface area (Å²) in [5.41, 5.74) is 0. The Morgan fingerprint density at radius 2 is 2.20 bits per heavy atom. The molecule has 0 bridgehead atoms. The largest absolute Gasteiger partial charge is 0.356 e. The fraction of sp³-hybridized carbons (Fsp3) is 0.929. The molecule has 3 rings (SSSR count). The second-order valence-electron chi connectivity index (χ2n) is 6.04. The molecule has 6 heteroatoms. The molecular formula is C14H26IN3O2. The van der Waals surface area contributed by atoms with Gasteiger partial charge in [0.1, 0.15) is 6.10 Å². The fourth-order valence-electron chi connectivity index (χ4n) is 3.04. The minimum absolute atomic E-state index is 0. The van der Waals surface area contributed by atoms with E-state index in [9.17, 15) is 0 Å². The third-order valence-electron chi connectivity index (χ3n) is 4.34. The van der Waals surface area contributed by atoms with Gasteiger partial charge in [-0.2, -0.15) is 0 Å². The Kier molecular flexibility index (Phi) is 5.92. The van der Waals surface area contributed by atoms with Gasteiger partial charge in [0, 0.05) is 32.5 Å². The lowest BCUT2D eigenvalue weighted by Gasteiger charge is -2.34. The molecule has 2 aliphatic heterocycles. The molecule has 1 saturated carbocycles. The molecule has 5 nitrogen and oxygen atoms in total. The Morgan fingerprint density at radius 1 is 1.40 bits per heavy atom. The van der Waals surface area contributed by atoms with Crippen molar-refractivity contribution in [3.05, 3.63) is 0 Å². The van der Waals surface area contributed by atoms with Crippen LogP contribution >= 0.6 is 24.0 Å². The summed E-state index contributed by atoms with van der Waals surface area (Å²) in [5.74, 6) is 1.45. The third kappa shape index (κ3) is 3.98. The highest BCUT2D eigenvalue weighted by Gasteiger charge is 2.43. The zero-order valence-electron chi connectivity index (χ0n) is 12.2. The summed E-state index contributed by atoms with van der Waals surface area (Å²) in [6.07, 6.45) is 5.80. The predicted molar refractivity (Wildman–Crippen MR) is 89.5 cm³/mol. The van der Waals surface area contributed by atoms with Gasteiger partial charge in [-0.25, -0.2) is 0 Å². The predicted octanol–water partition coefficient (Wildman–Crippen LogP) is 1.87. The first-order valence-electron chi connectivity index (χ1n) is 7.60. The summed E-state index contributed by atoms with van der Waals surface area (Å²) < 4.78 is 12.1. The van der Waals surface area contributed by atoms with Gasteiger partial charge in [-0.3, -0.25) is 4.99 Å². The van der Waals surface area contributed by atoms with Crippen LogP contribution in [0, 0.1) is 5.92 Å². The highest BCUT2D eigenvalue weighted by atomic mass is 127. The van der Waals surface area contributed by atoms with Gasteiger partial charge in [0.05, 0.1) is 6.61 Å². The molecule has 0 amide bonds. The summed E-state index contributed by atoms with van der Waals surface area (Å²) in [4.78, 5) is 4.40. The molecular weight excluding hydrogens is 369 g/mol. The molecule has 1 atom stereocenters. The number of hydrogen-bond donors (Lipinski definition) is 2. The summed E-state index contributed by atoms with van der Waals surface area (Å²) >= 11 is 0. The first-order chi connectivity index (χ1) is 9.26. The van der Waals surface area contributed by atoms with E-state index in [4.69, 9.17) is 9.47 Å². The molecule has 2 N–H and O–H groups in total. The summed E-state index contributed by atoms with van der Waals surface area (Å²) in [5, 5.41) is 6.59. The van der Waals surface area contributed by atoms with E-state index in [2.05, 4.69) is 22.5 Å². The SMILES string of the molecule is CC1CCC2(CC1)OCC(CNC1=NCCCN1)O2.I. The lowest BCUT2D eigenvalue weighted by Crippen LogP contribution is -2.44. The molecule has 1 spiro atoms. The van der Waals surface area contributed by atoms with Crippen molar-refractivity contribution in [3.63, 3.8) is 0 Å². The standard InChI is InChI=1S/C14H25N3O2.HI/c1-11-3-5-14(6-4-11)18-10-12(19-14)9-17-13-15-7-2-8-16-13;/h11-12H,2-10H2,1H3,(H2,15,16,17);1H. The molecule has 2 fully saturated rings. The van der Waals surface area contributed by atoms with Crippen LogP contribution < -0.4 is 10.6 Å².